The molecule has 264 valence electrons. The number of carboxylic acids is 1. The van der Waals surface area contributed by atoms with Crippen LogP contribution >= 0.6 is 0 Å². The summed E-state index contributed by atoms with van der Waals surface area (Å²) in [5, 5.41) is 22.0. The second-order valence-corrected chi connectivity index (χ2v) is 13.4. The number of nitrogens with one attached hydrogen (secondary N) is 3. The first-order valence-corrected chi connectivity index (χ1v) is 16.6. The van der Waals surface area contributed by atoms with Crippen molar-refractivity contribution < 1.29 is 33.5 Å². The molecule has 51 heavy (non-hydrogen) atoms. The Labute approximate surface area is 296 Å². The molecule has 5 rings (SSSR count). The second kappa shape index (κ2) is 15.7. The van der Waals surface area contributed by atoms with E-state index in [2.05, 4.69) is 21.1 Å². The average molecular weight is 693 g/mol. The first kappa shape index (κ1) is 36.3. The number of aliphatic carboxylic acids is 1. The predicted molar refractivity (Wildman–Crippen MR) is 196 cm³/mol. The molecule has 10 nitrogen and oxygen atoms in total. The molecule has 0 aliphatic carbocycles. The molecule has 4 aromatic carbocycles. The van der Waals surface area contributed by atoms with Gasteiger partial charge < -0.3 is 25.3 Å². The highest BCUT2D eigenvalue weighted by Gasteiger charge is 2.24. The van der Waals surface area contributed by atoms with E-state index in [4.69, 9.17) is 9.57 Å². The maximum Gasteiger partial charge on any atom is 0.412 e. The molecule has 0 saturated carbocycles. The third-order valence-electron chi connectivity index (χ3n) is 8.04. The topological polar surface area (TPSA) is 138 Å². The van der Waals surface area contributed by atoms with Crippen LogP contribution in [-0.2, 0) is 20.8 Å². The monoisotopic (exact) mass is 692 g/mol. The van der Waals surface area contributed by atoms with Crippen molar-refractivity contribution >= 4 is 40.9 Å². The van der Waals surface area contributed by atoms with Gasteiger partial charge in [-0.1, -0.05) is 60.1 Å². The van der Waals surface area contributed by atoms with Crippen LogP contribution in [0.5, 0.6) is 0 Å². The summed E-state index contributed by atoms with van der Waals surface area (Å²) in [7, 11) is 0. The summed E-state index contributed by atoms with van der Waals surface area (Å²) in [6.07, 6.45) is 1.68. The lowest BCUT2D eigenvalue weighted by Crippen LogP contribution is -2.44. The fourth-order valence-corrected chi connectivity index (χ4v) is 5.42. The average Bonchev–Trinajstić information content (AvgIpc) is 3.25. The normalized spacial score (nSPS) is 14.9. The van der Waals surface area contributed by atoms with Crippen LogP contribution in [-0.4, -0.2) is 40.6 Å². The molecule has 0 bridgehead atoms. The molecule has 2 unspecified atom stereocenters. The molecule has 0 spiro atoms. The van der Waals surface area contributed by atoms with Gasteiger partial charge in [-0.05, 0) is 105 Å². The van der Waals surface area contributed by atoms with Crippen molar-refractivity contribution in [2.75, 3.05) is 10.6 Å². The van der Waals surface area contributed by atoms with Crippen molar-refractivity contribution in [3.8, 4) is 11.1 Å². The molecule has 1 aliphatic rings. The second-order valence-electron chi connectivity index (χ2n) is 13.4. The van der Waals surface area contributed by atoms with Crippen molar-refractivity contribution in [1.82, 2.24) is 5.32 Å². The Morgan fingerprint density at radius 3 is 2.29 bits per heavy atom. The fraction of sp³-hybridized carbons (Fsp3) is 0.250. The Bertz CT molecular complexity index is 1970. The number of aryl methyl sites for hydroxylation is 1. The van der Waals surface area contributed by atoms with Gasteiger partial charge in [0.2, 0.25) is 0 Å². The summed E-state index contributed by atoms with van der Waals surface area (Å²) >= 11 is 0. The van der Waals surface area contributed by atoms with Gasteiger partial charge in [0.05, 0.1) is 5.71 Å². The number of carbonyl (C=O) groups excluding carboxylic acids is 2. The van der Waals surface area contributed by atoms with Crippen molar-refractivity contribution in [3.05, 3.63) is 125 Å². The predicted octanol–water partition coefficient (Wildman–Crippen LogP) is 8.77. The summed E-state index contributed by atoms with van der Waals surface area (Å²) in [6, 6.07) is 24.6. The Kier molecular flexibility index (Phi) is 11.2. The minimum absolute atomic E-state index is 0.146. The van der Waals surface area contributed by atoms with Gasteiger partial charge in [0, 0.05) is 34.8 Å². The van der Waals surface area contributed by atoms with E-state index in [1.165, 1.54) is 6.07 Å². The Morgan fingerprint density at radius 1 is 0.922 bits per heavy atom. The van der Waals surface area contributed by atoms with Crippen LogP contribution in [0.4, 0.5) is 25.4 Å². The lowest BCUT2D eigenvalue weighted by molar-refractivity contribution is -0.139. The smallest absolute Gasteiger partial charge is 0.412 e. The number of hydrogen-bond acceptors (Lipinski definition) is 6. The molecule has 3 amide bonds. The maximum absolute atomic E-state index is 15.6. The zero-order valence-electron chi connectivity index (χ0n) is 29.1. The van der Waals surface area contributed by atoms with Gasteiger partial charge in [-0.15, -0.1) is 0 Å². The lowest BCUT2D eigenvalue weighted by atomic mass is 9.93. The highest BCUT2D eigenvalue weighted by molar-refractivity contribution is 6.02. The Balaban J connectivity index is 1.21. The molecule has 0 fully saturated rings. The third kappa shape index (κ3) is 10.0. The SMILES string of the molecule is Cc1ccc(-c2cccc(NC(=O)NC(Cc3ccc(C4=NOC(c5ccc(NC(=O)OC(C)(C)C)cc5)=CCC4C)c(F)c3)C(=O)O)c2)cc1. The maximum atomic E-state index is 15.6. The van der Waals surface area contributed by atoms with Gasteiger partial charge in [0.25, 0.3) is 0 Å². The van der Waals surface area contributed by atoms with E-state index < -0.39 is 35.6 Å². The van der Waals surface area contributed by atoms with E-state index in [0.717, 1.165) is 16.7 Å². The molecular formula is C40H41FN4O6. The summed E-state index contributed by atoms with van der Waals surface area (Å²) < 4.78 is 20.9. The number of amides is 3. The van der Waals surface area contributed by atoms with Crippen molar-refractivity contribution in [2.24, 2.45) is 11.1 Å². The van der Waals surface area contributed by atoms with Gasteiger partial charge in [0.1, 0.15) is 17.5 Å². The number of rotatable bonds is 9. The van der Waals surface area contributed by atoms with Crippen LogP contribution in [0.1, 0.15) is 56.4 Å². The number of carbonyl (C=O) groups is 3. The number of allylic oxidation sites excluding steroid dienone is 1. The van der Waals surface area contributed by atoms with Crippen molar-refractivity contribution in [2.45, 2.75) is 59.1 Å². The van der Waals surface area contributed by atoms with Gasteiger partial charge in [0.15, 0.2) is 5.76 Å². The minimum Gasteiger partial charge on any atom is -0.480 e. The third-order valence-corrected chi connectivity index (χ3v) is 8.04. The Hall–Kier alpha value is -5.97. The number of urea groups is 1. The number of hydrogen-bond donors (Lipinski definition) is 4. The van der Waals surface area contributed by atoms with Gasteiger partial charge in [-0.3, -0.25) is 5.32 Å². The summed E-state index contributed by atoms with van der Waals surface area (Å²) in [4.78, 5) is 42.8. The van der Waals surface area contributed by atoms with E-state index in [1.54, 1.807) is 75.4 Å². The van der Waals surface area contributed by atoms with Crippen LogP contribution < -0.4 is 16.0 Å². The number of nitrogens with zero attached hydrogens (tertiary/aromatic N) is 1. The number of anilines is 2. The van der Waals surface area contributed by atoms with Crippen LogP contribution in [0.2, 0.25) is 0 Å². The summed E-state index contributed by atoms with van der Waals surface area (Å²) in [5.41, 5.74) is 5.14. The molecule has 11 heteroatoms. The zero-order chi connectivity index (χ0) is 36.7. The molecule has 2 atom stereocenters. The standard InChI is InChI=1S/C40H41FN4O6/c1-24-9-13-27(14-10-24)29-7-6-8-31(23-29)42-38(48)44-34(37(46)47)22-26-12-19-32(33(41)21-26)36-25(2)11-20-35(51-45-36)28-15-17-30(18-16-28)43-39(49)50-40(3,4)5/h6-10,12-21,23,25,34H,11,22H2,1-5H3,(H,43,49)(H,46,47)(H2,42,44,48). The first-order chi connectivity index (χ1) is 24.2. The van der Waals surface area contributed by atoms with Gasteiger partial charge in [-0.25, -0.2) is 18.8 Å². The quantitative estimate of drug-likeness (QED) is 0.138. The fourth-order valence-electron chi connectivity index (χ4n) is 5.42. The highest BCUT2D eigenvalue weighted by atomic mass is 19.1. The summed E-state index contributed by atoms with van der Waals surface area (Å²) in [5.74, 6) is -1.57. The van der Waals surface area contributed by atoms with Gasteiger partial charge >= 0.3 is 18.1 Å². The van der Waals surface area contributed by atoms with Crippen molar-refractivity contribution in [3.63, 3.8) is 0 Å². The van der Waals surface area contributed by atoms with Crippen LogP contribution in [0.15, 0.2) is 102 Å². The van der Waals surface area contributed by atoms with E-state index in [-0.39, 0.29) is 17.9 Å². The number of ether oxygens (including phenoxy) is 1. The van der Waals surface area contributed by atoms with Crippen LogP contribution in [0.25, 0.3) is 16.9 Å². The summed E-state index contributed by atoms with van der Waals surface area (Å²) in [6.45, 7) is 9.26. The van der Waals surface area contributed by atoms with Crippen LogP contribution in [0, 0.1) is 18.7 Å². The molecule has 1 heterocycles. The molecule has 0 saturated heterocycles. The number of oxime groups is 1. The molecule has 1 aliphatic heterocycles. The lowest BCUT2D eigenvalue weighted by Gasteiger charge is -2.19. The van der Waals surface area contributed by atoms with E-state index >= 15 is 4.39 Å². The number of halogens is 1. The van der Waals surface area contributed by atoms with Crippen LogP contribution in [0.3, 0.4) is 0 Å². The molecule has 0 radical (unpaired) electrons. The minimum atomic E-state index is -1.31. The Morgan fingerprint density at radius 2 is 1.63 bits per heavy atom. The van der Waals surface area contributed by atoms with E-state index in [9.17, 15) is 19.5 Å². The largest absolute Gasteiger partial charge is 0.480 e. The van der Waals surface area contributed by atoms with Crippen molar-refractivity contribution in [1.29, 1.82) is 0 Å². The zero-order valence-corrected chi connectivity index (χ0v) is 29.1. The molecule has 4 N–H and O–H groups in total. The number of carboxylic acid groups (broad SMARTS) is 1. The van der Waals surface area contributed by atoms with E-state index in [1.807, 2.05) is 50.3 Å². The van der Waals surface area contributed by atoms with E-state index in [0.29, 0.717) is 40.4 Å². The van der Waals surface area contributed by atoms with Gasteiger partial charge in [-0.2, -0.15) is 0 Å². The molecular weight excluding hydrogens is 651 g/mol. The number of benzene rings is 4. The highest BCUT2D eigenvalue weighted by Crippen LogP contribution is 2.28. The first-order valence-electron chi connectivity index (χ1n) is 16.6. The molecule has 4 aromatic rings. The molecule has 0 aromatic heterocycles.